The third kappa shape index (κ3) is 4.14. The molecule has 0 aliphatic carbocycles. The van der Waals surface area contributed by atoms with Crippen molar-refractivity contribution in [1.82, 2.24) is 10.6 Å². The number of carboxylic acid groups (broad SMARTS) is 1. The van der Waals surface area contributed by atoms with Gasteiger partial charge in [-0.2, -0.15) is 0 Å². The number of hydrogen-bond acceptors (Lipinski definition) is 4. The van der Waals surface area contributed by atoms with E-state index in [1.807, 2.05) is 0 Å². The standard InChI is InChI=1S/C10H16N2O3/c1-7(13)2-4-11-9-6-8(10(14)15)3-5-12-9/h3,5-7,9,11-13H,2,4H2,1H3,(H,14,15)/t7-,9?/m1/s1. The lowest BCUT2D eigenvalue weighted by Gasteiger charge is -2.19. The maximum atomic E-state index is 10.7. The van der Waals surface area contributed by atoms with Crippen molar-refractivity contribution in [2.75, 3.05) is 6.54 Å². The first-order valence-electron chi connectivity index (χ1n) is 4.89. The van der Waals surface area contributed by atoms with Gasteiger partial charge in [0, 0.05) is 0 Å². The van der Waals surface area contributed by atoms with Gasteiger partial charge in [-0.15, -0.1) is 0 Å². The molecular weight excluding hydrogens is 196 g/mol. The van der Waals surface area contributed by atoms with Crippen molar-refractivity contribution >= 4 is 5.97 Å². The topological polar surface area (TPSA) is 81.6 Å². The highest BCUT2D eigenvalue weighted by Gasteiger charge is 2.12. The maximum absolute atomic E-state index is 10.7. The first kappa shape index (κ1) is 11.7. The number of aliphatic carboxylic acids is 1. The molecule has 4 N–H and O–H groups in total. The van der Waals surface area contributed by atoms with Gasteiger partial charge in [0.15, 0.2) is 0 Å². The molecule has 5 nitrogen and oxygen atoms in total. The average molecular weight is 212 g/mol. The zero-order valence-corrected chi connectivity index (χ0v) is 8.60. The van der Waals surface area contributed by atoms with E-state index in [9.17, 15) is 4.79 Å². The lowest BCUT2D eigenvalue weighted by molar-refractivity contribution is -0.132. The van der Waals surface area contributed by atoms with Crippen LogP contribution in [0.1, 0.15) is 13.3 Å². The molecule has 1 heterocycles. The molecule has 1 aliphatic rings. The first-order valence-corrected chi connectivity index (χ1v) is 4.89. The van der Waals surface area contributed by atoms with Crippen molar-refractivity contribution < 1.29 is 15.0 Å². The van der Waals surface area contributed by atoms with E-state index in [0.29, 0.717) is 13.0 Å². The highest BCUT2D eigenvalue weighted by Crippen LogP contribution is 2.03. The van der Waals surface area contributed by atoms with Gasteiger partial charge >= 0.3 is 5.97 Å². The second-order valence-corrected chi connectivity index (χ2v) is 3.50. The van der Waals surface area contributed by atoms with Crippen LogP contribution in [0.5, 0.6) is 0 Å². The van der Waals surface area contributed by atoms with Crippen LogP contribution in [0.15, 0.2) is 23.9 Å². The van der Waals surface area contributed by atoms with Crippen LogP contribution in [0, 0.1) is 0 Å². The molecule has 2 atom stereocenters. The molecule has 0 radical (unpaired) electrons. The molecular formula is C10H16N2O3. The predicted octanol–water partition coefficient (Wildman–Crippen LogP) is -0.199. The molecule has 0 amide bonds. The number of rotatable bonds is 5. The normalized spacial score (nSPS) is 21.7. The van der Waals surface area contributed by atoms with E-state index in [4.69, 9.17) is 10.2 Å². The minimum Gasteiger partial charge on any atom is -0.478 e. The van der Waals surface area contributed by atoms with Crippen molar-refractivity contribution in [3.05, 3.63) is 23.9 Å². The van der Waals surface area contributed by atoms with Crippen LogP contribution in [0.2, 0.25) is 0 Å². The van der Waals surface area contributed by atoms with Gasteiger partial charge in [-0.05, 0) is 38.2 Å². The largest absolute Gasteiger partial charge is 0.478 e. The molecule has 0 fully saturated rings. The van der Waals surface area contributed by atoms with Crippen molar-refractivity contribution in [3.8, 4) is 0 Å². The number of carbonyl (C=O) groups is 1. The molecule has 0 aromatic heterocycles. The number of carboxylic acids is 1. The van der Waals surface area contributed by atoms with Crippen LogP contribution < -0.4 is 10.6 Å². The molecule has 0 spiro atoms. The Morgan fingerprint density at radius 2 is 2.47 bits per heavy atom. The predicted molar refractivity (Wildman–Crippen MR) is 56.1 cm³/mol. The Morgan fingerprint density at radius 3 is 3.07 bits per heavy atom. The van der Waals surface area contributed by atoms with Crippen molar-refractivity contribution in [1.29, 1.82) is 0 Å². The van der Waals surface area contributed by atoms with Crippen LogP contribution in [0.4, 0.5) is 0 Å². The second-order valence-electron chi connectivity index (χ2n) is 3.50. The van der Waals surface area contributed by atoms with Gasteiger partial charge in [0.2, 0.25) is 0 Å². The van der Waals surface area contributed by atoms with Crippen molar-refractivity contribution in [2.45, 2.75) is 25.6 Å². The molecule has 84 valence electrons. The lowest BCUT2D eigenvalue weighted by atomic mass is 10.2. The summed E-state index contributed by atoms with van der Waals surface area (Å²) < 4.78 is 0. The van der Waals surface area contributed by atoms with Crippen LogP contribution in [-0.2, 0) is 4.79 Å². The van der Waals surface area contributed by atoms with E-state index in [-0.39, 0.29) is 17.8 Å². The zero-order valence-electron chi connectivity index (χ0n) is 8.60. The molecule has 1 rings (SSSR count). The zero-order chi connectivity index (χ0) is 11.3. The first-order chi connectivity index (χ1) is 7.09. The smallest absolute Gasteiger partial charge is 0.335 e. The van der Waals surface area contributed by atoms with Gasteiger partial charge in [-0.1, -0.05) is 0 Å². The summed E-state index contributed by atoms with van der Waals surface area (Å²) in [6.45, 7) is 2.35. The Morgan fingerprint density at radius 1 is 1.73 bits per heavy atom. The molecule has 0 bridgehead atoms. The molecule has 15 heavy (non-hydrogen) atoms. The number of hydrogen-bond donors (Lipinski definition) is 4. The molecule has 5 heteroatoms. The summed E-state index contributed by atoms with van der Waals surface area (Å²) in [4.78, 5) is 10.7. The van der Waals surface area contributed by atoms with Gasteiger partial charge in [0.05, 0.1) is 17.8 Å². The van der Waals surface area contributed by atoms with Crippen LogP contribution in [-0.4, -0.2) is 35.0 Å². The third-order valence-corrected chi connectivity index (χ3v) is 2.06. The molecule has 0 aromatic rings. The second kappa shape index (κ2) is 5.53. The molecule has 0 aromatic carbocycles. The Kier molecular flexibility index (Phi) is 4.33. The monoisotopic (exact) mass is 212 g/mol. The highest BCUT2D eigenvalue weighted by atomic mass is 16.4. The van der Waals surface area contributed by atoms with Crippen LogP contribution >= 0.6 is 0 Å². The van der Waals surface area contributed by atoms with Gasteiger partial charge in [-0.25, -0.2) is 4.79 Å². The van der Waals surface area contributed by atoms with Crippen LogP contribution in [0.25, 0.3) is 0 Å². The minimum atomic E-state index is -0.935. The summed E-state index contributed by atoms with van der Waals surface area (Å²) in [7, 11) is 0. The Balaban J connectivity index is 2.38. The van der Waals surface area contributed by atoms with Crippen LogP contribution in [0.3, 0.4) is 0 Å². The summed E-state index contributed by atoms with van der Waals surface area (Å²) in [5.41, 5.74) is 0.267. The molecule has 0 saturated heterocycles. The fourth-order valence-corrected chi connectivity index (χ4v) is 1.23. The van der Waals surface area contributed by atoms with Gasteiger partial charge in [0.25, 0.3) is 0 Å². The van der Waals surface area contributed by atoms with E-state index in [0.717, 1.165) is 0 Å². The number of aliphatic hydroxyl groups is 1. The van der Waals surface area contributed by atoms with Gasteiger partial charge in [0.1, 0.15) is 0 Å². The minimum absolute atomic E-state index is 0.181. The molecule has 1 unspecified atom stereocenters. The fourth-order valence-electron chi connectivity index (χ4n) is 1.23. The third-order valence-electron chi connectivity index (χ3n) is 2.06. The molecule has 0 saturated carbocycles. The maximum Gasteiger partial charge on any atom is 0.335 e. The van der Waals surface area contributed by atoms with E-state index in [2.05, 4.69) is 10.6 Å². The van der Waals surface area contributed by atoms with Gasteiger partial charge in [-0.3, -0.25) is 5.32 Å². The number of aliphatic hydroxyl groups excluding tert-OH is 1. The summed E-state index contributed by atoms with van der Waals surface area (Å²) in [5, 5.41) is 23.8. The Hall–Kier alpha value is -1.33. The fraction of sp³-hybridized carbons (Fsp3) is 0.500. The number of dihydropyridines is 1. The van der Waals surface area contributed by atoms with E-state index in [1.165, 1.54) is 6.08 Å². The Labute approximate surface area is 88.5 Å². The average Bonchev–Trinajstić information content (AvgIpc) is 2.17. The summed E-state index contributed by atoms with van der Waals surface area (Å²) in [5.74, 6) is -0.935. The summed E-state index contributed by atoms with van der Waals surface area (Å²) >= 11 is 0. The van der Waals surface area contributed by atoms with E-state index < -0.39 is 5.97 Å². The van der Waals surface area contributed by atoms with Crippen molar-refractivity contribution in [2.24, 2.45) is 0 Å². The Bertz CT molecular complexity index is 284. The van der Waals surface area contributed by atoms with E-state index in [1.54, 1.807) is 19.2 Å². The molecule has 1 aliphatic heterocycles. The SMILES string of the molecule is C[C@@H](O)CCNC1C=C(C(=O)O)C=CN1. The quantitative estimate of drug-likeness (QED) is 0.507. The number of nitrogens with one attached hydrogen (secondary N) is 2. The lowest BCUT2D eigenvalue weighted by Crippen LogP contribution is -2.41. The van der Waals surface area contributed by atoms with Crippen molar-refractivity contribution in [3.63, 3.8) is 0 Å². The van der Waals surface area contributed by atoms with Gasteiger partial charge < -0.3 is 15.5 Å². The highest BCUT2D eigenvalue weighted by molar-refractivity contribution is 5.90. The summed E-state index contributed by atoms with van der Waals surface area (Å²) in [6, 6.07) is 0. The summed E-state index contributed by atoms with van der Waals surface area (Å²) in [6.07, 6.45) is 4.82. The van der Waals surface area contributed by atoms with E-state index >= 15 is 0 Å².